The molecule has 0 saturated heterocycles. The van der Waals surface area contributed by atoms with Crippen molar-refractivity contribution in [2.24, 2.45) is 5.92 Å². The van der Waals surface area contributed by atoms with Crippen molar-refractivity contribution >= 4 is 17.3 Å². The van der Waals surface area contributed by atoms with Crippen molar-refractivity contribution < 1.29 is 18.3 Å². The summed E-state index contributed by atoms with van der Waals surface area (Å²) in [5, 5.41) is 12.7. The van der Waals surface area contributed by atoms with Gasteiger partial charge in [0, 0.05) is 17.3 Å². The zero-order valence-electron chi connectivity index (χ0n) is 11.6. The predicted molar refractivity (Wildman–Crippen MR) is 77.5 cm³/mol. The van der Waals surface area contributed by atoms with Crippen molar-refractivity contribution in [2.75, 3.05) is 11.9 Å². The normalized spacial score (nSPS) is 18.0. The molecule has 1 aliphatic carbocycles. The van der Waals surface area contributed by atoms with Gasteiger partial charge in [0.1, 0.15) is 0 Å². The van der Waals surface area contributed by atoms with Crippen LogP contribution in [0.5, 0.6) is 0 Å². The van der Waals surface area contributed by atoms with Crippen LogP contribution in [-0.4, -0.2) is 17.8 Å². The fourth-order valence-electron chi connectivity index (χ4n) is 2.85. The number of benzene rings is 1. The van der Waals surface area contributed by atoms with E-state index < -0.39 is 17.8 Å². The first-order valence-electron chi connectivity index (χ1n) is 7.15. The number of aliphatic hydroxyl groups is 1. The fraction of sp³-hybridized carbons (Fsp3) is 0.600. The Morgan fingerprint density at radius 2 is 1.95 bits per heavy atom. The molecule has 2 nitrogen and oxygen atoms in total. The van der Waals surface area contributed by atoms with Gasteiger partial charge < -0.3 is 10.4 Å². The molecular formula is C15H19ClF3NO. The largest absolute Gasteiger partial charge is 0.418 e. The minimum atomic E-state index is -4.47. The first-order valence-corrected chi connectivity index (χ1v) is 7.52. The molecule has 6 heteroatoms. The molecule has 0 bridgehead atoms. The van der Waals surface area contributed by atoms with Gasteiger partial charge in [-0.15, -0.1) is 0 Å². The highest BCUT2D eigenvalue weighted by molar-refractivity contribution is 6.30. The van der Waals surface area contributed by atoms with E-state index in [0.717, 1.165) is 18.9 Å². The number of hydrogen-bond acceptors (Lipinski definition) is 2. The maximum Gasteiger partial charge on any atom is 0.418 e. The minimum Gasteiger partial charge on any atom is -0.391 e. The summed E-state index contributed by atoms with van der Waals surface area (Å²) in [5.41, 5.74) is -0.847. The summed E-state index contributed by atoms with van der Waals surface area (Å²) < 4.78 is 38.8. The number of alkyl halides is 3. The summed E-state index contributed by atoms with van der Waals surface area (Å²) in [4.78, 5) is 0. The van der Waals surface area contributed by atoms with Crippen molar-refractivity contribution in [1.29, 1.82) is 0 Å². The minimum absolute atomic E-state index is 0.0411. The highest BCUT2D eigenvalue weighted by atomic mass is 35.5. The molecule has 118 valence electrons. The monoisotopic (exact) mass is 321 g/mol. The molecule has 0 radical (unpaired) electrons. The lowest BCUT2D eigenvalue weighted by Crippen LogP contribution is -2.23. The van der Waals surface area contributed by atoms with Gasteiger partial charge in [0.05, 0.1) is 11.7 Å². The Kier molecular flexibility index (Phi) is 5.38. The number of aliphatic hydroxyl groups excluding tert-OH is 1. The molecule has 0 amide bonds. The Balaban J connectivity index is 1.96. The maximum atomic E-state index is 12.9. The second kappa shape index (κ2) is 6.88. The number of rotatable bonds is 5. The van der Waals surface area contributed by atoms with E-state index in [1.807, 2.05) is 0 Å². The average molecular weight is 322 g/mol. The third-order valence-corrected chi connectivity index (χ3v) is 4.13. The topological polar surface area (TPSA) is 32.3 Å². The van der Waals surface area contributed by atoms with Crippen LogP contribution in [0.25, 0.3) is 0 Å². The highest BCUT2D eigenvalue weighted by Gasteiger charge is 2.33. The van der Waals surface area contributed by atoms with Crippen LogP contribution in [0.15, 0.2) is 18.2 Å². The van der Waals surface area contributed by atoms with E-state index in [9.17, 15) is 18.3 Å². The Morgan fingerprint density at radius 1 is 1.29 bits per heavy atom. The fourth-order valence-corrected chi connectivity index (χ4v) is 3.02. The van der Waals surface area contributed by atoms with Gasteiger partial charge >= 0.3 is 6.18 Å². The molecule has 0 spiro atoms. The van der Waals surface area contributed by atoms with Crippen LogP contribution in [-0.2, 0) is 6.18 Å². The summed E-state index contributed by atoms with van der Waals surface area (Å²) >= 11 is 5.62. The summed E-state index contributed by atoms with van der Waals surface area (Å²) in [6.07, 6.45) is 0.105. The third kappa shape index (κ3) is 4.78. The van der Waals surface area contributed by atoms with Crippen LogP contribution in [0.2, 0.25) is 5.02 Å². The summed E-state index contributed by atoms with van der Waals surface area (Å²) in [6.45, 7) is 0.112. The van der Waals surface area contributed by atoms with Gasteiger partial charge in [0.15, 0.2) is 0 Å². The molecule has 1 aromatic rings. The Labute approximate surface area is 127 Å². The first kappa shape index (κ1) is 16.4. The molecule has 1 unspecified atom stereocenters. The van der Waals surface area contributed by atoms with Gasteiger partial charge in [-0.05, 0) is 30.5 Å². The number of nitrogens with one attached hydrogen (secondary N) is 1. The summed E-state index contributed by atoms with van der Waals surface area (Å²) in [5.74, 6) is 0.495. The van der Waals surface area contributed by atoms with Crippen molar-refractivity contribution in [1.82, 2.24) is 0 Å². The van der Waals surface area contributed by atoms with Crippen LogP contribution < -0.4 is 5.32 Å². The van der Waals surface area contributed by atoms with Crippen LogP contribution in [0.1, 0.15) is 37.7 Å². The Hall–Kier alpha value is -0.940. The molecule has 0 heterocycles. The van der Waals surface area contributed by atoms with E-state index in [-0.39, 0.29) is 17.3 Å². The van der Waals surface area contributed by atoms with Crippen molar-refractivity contribution in [2.45, 2.75) is 44.4 Å². The molecule has 1 saturated carbocycles. The lowest BCUT2D eigenvalue weighted by atomic mass is 10.00. The first-order chi connectivity index (χ1) is 9.86. The van der Waals surface area contributed by atoms with E-state index in [0.29, 0.717) is 12.3 Å². The quantitative estimate of drug-likeness (QED) is 0.823. The van der Waals surface area contributed by atoms with Gasteiger partial charge in [0.2, 0.25) is 0 Å². The lowest BCUT2D eigenvalue weighted by Gasteiger charge is -2.19. The molecule has 0 aromatic heterocycles. The molecule has 0 aliphatic heterocycles. The van der Waals surface area contributed by atoms with Crippen LogP contribution in [0, 0.1) is 5.92 Å². The Morgan fingerprint density at radius 3 is 2.57 bits per heavy atom. The Bertz CT molecular complexity index is 472. The zero-order valence-corrected chi connectivity index (χ0v) is 12.3. The van der Waals surface area contributed by atoms with E-state index >= 15 is 0 Å². The second-order valence-electron chi connectivity index (χ2n) is 5.61. The molecule has 1 aromatic carbocycles. The second-order valence-corrected chi connectivity index (χ2v) is 6.05. The van der Waals surface area contributed by atoms with E-state index in [1.165, 1.54) is 25.0 Å². The molecule has 1 fully saturated rings. The molecule has 1 aliphatic rings. The van der Waals surface area contributed by atoms with Gasteiger partial charge in [0.25, 0.3) is 0 Å². The maximum absolute atomic E-state index is 12.9. The third-order valence-electron chi connectivity index (χ3n) is 3.90. The van der Waals surface area contributed by atoms with E-state index in [1.54, 1.807) is 0 Å². The number of hydrogen-bond donors (Lipinski definition) is 2. The average Bonchev–Trinajstić information content (AvgIpc) is 2.89. The van der Waals surface area contributed by atoms with Crippen LogP contribution >= 0.6 is 11.6 Å². The molecule has 1 atom stereocenters. The lowest BCUT2D eigenvalue weighted by molar-refractivity contribution is -0.137. The zero-order chi connectivity index (χ0) is 15.5. The van der Waals surface area contributed by atoms with Crippen molar-refractivity contribution in [3.8, 4) is 0 Å². The van der Waals surface area contributed by atoms with Crippen LogP contribution in [0.3, 0.4) is 0 Å². The van der Waals surface area contributed by atoms with Crippen molar-refractivity contribution in [3.05, 3.63) is 28.8 Å². The summed E-state index contributed by atoms with van der Waals surface area (Å²) in [7, 11) is 0. The number of halogens is 4. The standard InChI is InChI=1S/C15H19ClF3NO/c16-11-5-6-14(13(8-11)15(17,18)19)20-9-12(21)7-10-3-1-2-4-10/h5-6,8,10,12,20-21H,1-4,7,9H2. The van der Waals surface area contributed by atoms with Crippen LogP contribution in [0.4, 0.5) is 18.9 Å². The predicted octanol–water partition coefficient (Wildman–Crippen LogP) is 4.71. The summed E-state index contributed by atoms with van der Waals surface area (Å²) in [6, 6.07) is 3.60. The van der Waals surface area contributed by atoms with E-state index in [4.69, 9.17) is 11.6 Å². The van der Waals surface area contributed by atoms with Gasteiger partial charge in [-0.25, -0.2) is 0 Å². The molecule has 2 N–H and O–H groups in total. The van der Waals surface area contributed by atoms with Gasteiger partial charge in [-0.3, -0.25) is 0 Å². The highest BCUT2D eigenvalue weighted by Crippen LogP contribution is 2.36. The van der Waals surface area contributed by atoms with E-state index in [2.05, 4.69) is 5.32 Å². The van der Waals surface area contributed by atoms with Gasteiger partial charge in [-0.1, -0.05) is 37.3 Å². The SMILES string of the molecule is OC(CNc1ccc(Cl)cc1C(F)(F)F)CC1CCCC1. The molecule has 2 rings (SSSR count). The van der Waals surface area contributed by atoms with Gasteiger partial charge in [-0.2, -0.15) is 13.2 Å². The molecular weight excluding hydrogens is 303 g/mol. The molecule has 21 heavy (non-hydrogen) atoms. The smallest absolute Gasteiger partial charge is 0.391 e. The number of anilines is 1. The van der Waals surface area contributed by atoms with Crippen molar-refractivity contribution in [3.63, 3.8) is 0 Å².